The van der Waals surface area contributed by atoms with Gasteiger partial charge in [-0.1, -0.05) is 42.5 Å². The Morgan fingerprint density at radius 1 is 0.892 bits per heavy atom. The van der Waals surface area contributed by atoms with E-state index in [1.807, 2.05) is 79.7 Å². The highest BCUT2D eigenvalue weighted by Crippen LogP contribution is 2.24. The Kier molecular flexibility index (Phi) is 8.75. The Morgan fingerprint density at radius 2 is 1.65 bits per heavy atom. The van der Waals surface area contributed by atoms with Gasteiger partial charge in [0, 0.05) is 41.3 Å². The van der Waals surface area contributed by atoms with Gasteiger partial charge in [-0.2, -0.15) is 0 Å². The van der Waals surface area contributed by atoms with Gasteiger partial charge in [0.1, 0.15) is 12.4 Å². The maximum atomic E-state index is 12.9. The molecule has 1 atom stereocenters. The van der Waals surface area contributed by atoms with Gasteiger partial charge in [-0.15, -0.1) is 0 Å². The molecule has 6 nitrogen and oxygen atoms in total. The quantitative estimate of drug-likeness (QED) is 0.183. The summed E-state index contributed by atoms with van der Waals surface area (Å²) in [6.07, 6.45) is 1.94. The summed E-state index contributed by atoms with van der Waals surface area (Å²) in [4.78, 5) is 25.0. The van der Waals surface area contributed by atoms with Crippen molar-refractivity contribution in [2.75, 3.05) is 19.8 Å². The molecule has 0 spiro atoms. The van der Waals surface area contributed by atoms with Gasteiger partial charge < -0.3 is 18.8 Å². The van der Waals surface area contributed by atoms with E-state index in [2.05, 4.69) is 17.7 Å². The van der Waals surface area contributed by atoms with Crippen LogP contribution in [-0.4, -0.2) is 42.2 Å². The lowest BCUT2D eigenvalue weighted by molar-refractivity contribution is -0.156. The first-order valence-corrected chi connectivity index (χ1v) is 12.7. The molecule has 0 aliphatic carbocycles. The molecule has 0 N–H and O–H groups in total. The molecule has 0 fully saturated rings. The second-order valence-electron chi connectivity index (χ2n) is 8.83. The maximum absolute atomic E-state index is 12.9. The number of hydrogen-bond donors (Lipinski definition) is 0. The molecular weight excluding hydrogens is 466 g/mol. The molecule has 0 saturated heterocycles. The Balaban J connectivity index is 1.37. The van der Waals surface area contributed by atoms with E-state index >= 15 is 0 Å². The molecule has 0 bridgehead atoms. The predicted molar refractivity (Wildman–Crippen MR) is 144 cm³/mol. The second-order valence-corrected chi connectivity index (χ2v) is 8.83. The molecule has 1 unspecified atom stereocenters. The van der Waals surface area contributed by atoms with Crippen LogP contribution < -0.4 is 4.74 Å². The van der Waals surface area contributed by atoms with Crippen LogP contribution in [-0.2, 0) is 27.2 Å². The topological polar surface area (TPSA) is 66.8 Å². The number of aromatic nitrogens is 1. The fraction of sp³-hybridized carbons (Fsp3) is 0.290. The van der Waals surface area contributed by atoms with E-state index in [0.717, 1.165) is 27.8 Å². The molecule has 0 radical (unpaired) electrons. The van der Waals surface area contributed by atoms with Crippen LogP contribution in [0.2, 0.25) is 0 Å². The van der Waals surface area contributed by atoms with E-state index in [9.17, 15) is 9.59 Å². The van der Waals surface area contributed by atoms with Crippen molar-refractivity contribution in [3.8, 4) is 5.75 Å². The number of fused-ring (bicyclic) bond motifs is 1. The van der Waals surface area contributed by atoms with Crippen molar-refractivity contribution in [2.24, 2.45) is 0 Å². The Bertz CT molecular complexity index is 1340. The smallest absolute Gasteiger partial charge is 0.335 e. The first kappa shape index (κ1) is 26.2. The summed E-state index contributed by atoms with van der Waals surface area (Å²) in [7, 11) is 0. The summed E-state index contributed by atoms with van der Waals surface area (Å²) < 4.78 is 18.8. The van der Waals surface area contributed by atoms with Crippen LogP contribution in [0.25, 0.3) is 10.9 Å². The molecule has 1 aromatic heterocycles. The SMILES string of the molecule is CCOC(=O)C(Cc1ccc(OCCn2cc(C)c3cc(C(=O)c4ccccc4)ccc32)cc1)OCC. The average Bonchev–Trinajstić information content (AvgIpc) is 3.24. The van der Waals surface area contributed by atoms with Gasteiger partial charge in [-0.3, -0.25) is 4.79 Å². The van der Waals surface area contributed by atoms with Gasteiger partial charge in [-0.25, -0.2) is 4.79 Å². The van der Waals surface area contributed by atoms with Crippen molar-refractivity contribution in [1.82, 2.24) is 4.57 Å². The van der Waals surface area contributed by atoms with E-state index < -0.39 is 6.10 Å². The number of carbonyl (C=O) groups is 2. The zero-order valence-electron chi connectivity index (χ0n) is 21.6. The van der Waals surface area contributed by atoms with E-state index in [4.69, 9.17) is 14.2 Å². The van der Waals surface area contributed by atoms with Gasteiger partial charge in [0.25, 0.3) is 0 Å². The number of rotatable bonds is 12. The molecular formula is C31H33NO5. The average molecular weight is 500 g/mol. The van der Waals surface area contributed by atoms with Gasteiger partial charge in [-0.05, 0) is 62.2 Å². The Hall–Kier alpha value is -3.90. The van der Waals surface area contributed by atoms with Gasteiger partial charge in [0.15, 0.2) is 11.9 Å². The van der Waals surface area contributed by atoms with Crippen LogP contribution in [0.1, 0.15) is 40.9 Å². The minimum absolute atomic E-state index is 0.0243. The van der Waals surface area contributed by atoms with Crippen LogP contribution >= 0.6 is 0 Å². The third kappa shape index (κ3) is 6.46. The molecule has 6 heteroatoms. The molecule has 0 saturated carbocycles. The van der Waals surface area contributed by atoms with Crippen LogP contribution in [0.5, 0.6) is 5.75 Å². The minimum Gasteiger partial charge on any atom is -0.492 e. The number of esters is 1. The fourth-order valence-corrected chi connectivity index (χ4v) is 4.40. The summed E-state index contributed by atoms with van der Waals surface area (Å²) in [5.74, 6) is 0.448. The summed E-state index contributed by atoms with van der Waals surface area (Å²) in [6, 6.07) is 22.9. The van der Waals surface area contributed by atoms with Gasteiger partial charge in [0.05, 0.1) is 13.2 Å². The van der Waals surface area contributed by atoms with Crippen LogP contribution in [0, 0.1) is 6.92 Å². The molecule has 37 heavy (non-hydrogen) atoms. The van der Waals surface area contributed by atoms with Crippen LogP contribution in [0.15, 0.2) is 79.0 Å². The van der Waals surface area contributed by atoms with Gasteiger partial charge >= 0.3 is 5.97 Å². The second kappa shape index (κ2) is 12.4. The Labute approximate surface area is 217 Å². The molecule has 192 valence electrons. The van der Waals surface area contributed by atoms with E-state index in [1.165, 1.54) is 0 Å². The van der Waals surface area contributed by atoms with Crippen molar-refractivity contribution < 1.29 is 23.8 Å². The highest BCUT2D eigenvalue weighted by atomic mass is 16.6. The van der Waals surface area contributed by atoms with Crippen molar-refractivity contribution in [3.05, 3.63) is 101 Å². The van der Waals surface area contributed by atoms with Crippen molar-refractivity contribution in [3.63, 3.8) is 0 Å². The number of benzene rings is 3. The number of carbonyl (C=O) groups excluding carboxylic acids is 2. The van der Waals surface area contributed by atoms with E-state index in [0.29, 0.717) is 43.9 Å². The van der Waals surface area contributed by atoms with Crippen LogP contribution in [0.3, 0.4) is 0 Å². The number of hydrogen-bond acceptors (Lipinski definition) is 5. The zero-order chi connectivity index (χ0) is 26.2. The number of ketones is 1. The fourth-order valence-electron chi connectivity index (χ4n) is 4.40. The van der Waals surface area contributed by atoms with Crippen LogP contribution in [0.4, 0.5) is 0 Å². The lowest BCUT2D eigenvalue weighted by Crippen LogP contribution is -2.28. The third-order valence-corrected chi connectivity index (χ3v) is 6.24. The summed E-state index contributed by atoms with van der Waals surface area (Å²) in [5.41, 5.74) is 4.54. The highest BCUT2D eigenvalue weighted by Gasteiger charge is 2.20. The van der Waals surface area contributed by atoms with Crippen molar-refractivity contribution in [1.29, 1.82) is 0 Å². The first-order valence-electron chi connectivity index (χ1n) is 12.7. The third-order valence-electron chi connectivity index (χ3n) is 6.24. The lowest BCUT2D eigenvalue weighted by atomic mass is 10.0. The normalized spacial score (nSPS) is 11.9. The minimum atomic E-state index is -0.606. The standard InChI is InChI=1S/C31H33NO5/c1-4-35-29(31(34)36-5-2)19-23-11-14-26(15-12-23)37-18-17-32-21-22(3)27-20-25(13-16-28(27)32)30(33)24-9-7-6-8-10-24/h6-16,20-21,29H,4-5,17-19H2,1-3H3. The summed E-state index contributed by atoms with van der Waals surface area (Å²) in [5, 5.41) is 1.07. The van der Waals surface area contributed by atoms with E-state index in [1.54, 1.807) is 6.92 Å². The van der Waals surface area contributed by atoms with Gasteiger partial charge in [0.2, 0.25) is 0 Å². The maximum Gasteiger partial charge on any atom is 0.335 e. The molecule has 4 rings (SSSR count). The number of ether oxygens (including phenoxy) is 3. The van der Waals surface area contributed by atoms with E-state index in [-0.39, 0.29) is 11.8 Å². The van der Waals surface area contributed by atoms with Crippen molar-refractivity contribution >= 4 is 22.7 Å². The Morgan fingerprint density at radius 3 is 2.35 bits per heavy atom. The molecule has 0 amide bonds. The molecule has 3 aromatic carbocycles. The number of nitrogens with zero attached hydrogens (tertiary/aromatic N) is 1. The summed E-state index contributed by atoms with van der Waals surface area (Å²) >= 11 is 0. The first-order chi connectivity index (χ1) is 18.0. The monoisotopic (exact) mass is 499 g/mol. The highest BCUT2D eigenvalue weighted by molar-refractivity contribution is 6.10. The zero-order valence-corrected chi connectivity index (χ0v) is 21.6. The summed E-state index contributed by atoms with van der Waals surface area (Å²) in [6.45, 7) is 7.66. The lowest BCUT2D eigenvalue weighted by Gasteiger charge is -2.16. The predicted octanol–water partition coefficient (Wildman–Crippen LogP) is 5.77. The molecule has 4 aromatic rings. The number of aryl methyl sites for hydroxylation is 1. The molecule has 1 heterocycles. The molecule has 0 aliphatic rings. The molecule has 0 aliphatic heterocycles. The van der Waals surface area contributed by atoms with Crippen molar-refractivity contribution in [2.45, 2.75) is 39.8 Å². The largest absolute Gasteiger partial charge is 0.492 e.